The topological polar surface area (TPSA) is 86.6 Å². The van der Waals surface area contributed by atoms with Crippen molar-refractivity contribution in [1.29, 1.82) is 0 Å². The highest BCUT2D eigenvalue weighted by molar-refractivity contribution is 6.13. The predicted octanol–water partition coefficient (Wildman–Crippen LogP) is 3.18. The van der Waals surface area contributed by atoms with E-state index in [1.54, 1.807) is 0 Å². The first-order valence-electron chi connectivity index (χ1n) is 11.3. The molecule has 0 saturated carbocycles. The van der Waals surface area contributed by atoms with Crippen molar-refractivity contribution in [3.05, 3.63) is 35.5 Å². The molecule has 0 radical (unpaired) electrons. The first-order chi connectivity index (χ1) is 14.1. The van der Waals surface area contributed by atoms with E-state index in [4.69, 9.17) is 0 Å². The molecule has 30 heavy (non-hydrogen) atoms. The summed E-state index contributed by atoms with van der Waals surface area (Å²) in [5, 5.41) is 23.3. The number of ketones is 1. The smallest absolute Gasteiger partial charge is 0.235 e. The summed E-state index contributed by atoms with van der Waals surface area (Å²) >= 11 is 0. The van der Waals surface area contributed by atoms with Crippen LogP contribution in [0.25, 0.3) is 0 Å². The van der Waals surface area contributed by atoms with Crippen LogP contribution in [0.15, 0.2) is 35.5 Å². The van der Waals surface area contributed by atoms with Gasteiger partial charge in [-0.3, -0.25) is 9.59 Å². The van der Waals surface area contributed by atoms with Gasteiger partial charge in [-0.2, -0.15) is 0 Å². The molecule has 2 aliphatic carbocycles. The Kier molecular flexibility index (Phi) is 6.73. The third-order valence-electron chi connectivity index (χ3n) is 7.39. The van der Waals surface area contributed by atoms with Crippen molar-refractivity contribution in [2.75, 3.05) is 6.61 Å². The average molecular weight is 416 g/mol. The molecule has 1 spiro atoms. The Morgan fingerprint density at radius 2 is 1.93 bits per heavy atom. The molecular formula is C25H37NO4. The van der Waals surface area contributed by atoms with Crippen LogP contribution in [0.2, 0.25) is 0 Å². The lowest BCUT2D eigenvalue weighted by atomic mass is 9.55. The molecule has 166 valence electrons. The van der Waals surface area contributed by atoms with E-state index < -0.39 is 11.5 Å². The Morgan fingerprint density at radius 3 is 2.57 bits per heavy atom. The summed E-state index contributed by atoms with van der Waals surface area (Å²) in [4.78, 5) is 27.3. The van der Waals surface area contributed by atoms with Crippen LogP contribution >= 0.6 is 0 Å². The molecule has 1 amide bonds. The number of aliphatic hydroxyl groups excluding tert-OH is 2. The molecule has 1 heterocycles. The molecule has 5 nitrogen and oxygen atoms in total. The van der Waals surface area contributed by atoms with Crippen LogP contribution in [0.4, 0.5) is 0 Å². The Bertz CT molecular complexity index is 780. The Hall–Kier alpha value is -1.72. The number of carbonyl (C=O) groups excluding carboxylic acids is 2. The van der Waals surface area contributed by atoms with E-state index in [2.05, 4.69) is 45.2 Å². The summed E-state index contributed by atoms with van der Waals surface area (Å²) in [5.41, 5.74) is 1.06. The van der Waals surface area contributed by atoms with Gasteiger partial charge in [-0.05, 0) is 56.9 Å². The average Bonchev–Trinajstić information content (AvgIpc) is 2.94. The van der Waals surface area contributed by atoms with Gasteiger partial charge in [0.2, 0.25) is 5.91 Å². The van der Waals surface area contributed by atoms with Crippen molar-refractivity contribution >= 4 is 11.7 Å². The van der Waals surface area contributed by atoms with E-state index in [1.807, 2.05) is 6.92 Å². The van der Waals surface area contributed by atoms with Crippen LogP contribution in [-0.4, -0.2) is 40.7 Å². The highest BCUT2D eigenvalue weighted by atomic mass is 16.3. The number of carbonyl (C=O) groups is 2. The van der Waals surface area contributed by atoms with Crippen molar-refractivity contribution in [3.63, 3.8) is 0 Å². The maximum Gasteiger partial charge on any atom is 0.235 e. The minimum atomic E-state index is -1.19. The first kappa shape index (κ1) is 23.0. The Morgan fingerprint density at radius 1 is 1.23 bits per heavy atom. The maximum atomic E-state index is 13.7. The second kappa shape index (κ2) is 8.80. The standard InChI is InChI=1S/C25H37NO4/c1-14(2)8-21-23-17(5)16(4)11-19-10-15(3)9-18(13-27)12-20(28)6-7-22(29)25(19,23)24(30)26-21/h6-7,10-11,14,17-21,23,27-28H,8-9,12-13H2,1-5H3,(H,26,30)/b7-6+,15-10+/t17-,18+,19+,20-,21+,23+,25-/m0/s1. The first-order valence-corrected chi connectivity index (χ1v) is 11.3. The second-order valence-electron chi connectivity index (χ2n) is 10.1. The summed E-state index contributed by atoms with van der Waals surface area (Å²) in [6.45, 7) is 10.5. The van der Waals surface area contributed by atoms with Gasteiger partial charge in [0.05, 0.1) is 6.10 Å². The molecule has 0 aromatic rings. The van der Waals surface area contributed by atoms with E-state index in [0.717, 1.165) is 12.0 Å². The van der Waals surface area contributed by atoms with Crippen molar-refractivity contribution in [2.45, 2.75) is 66.0 Å². The summed E-state index contributed by atoms with van der Waals surface area (Å²) in [6.07, 6.45) is 8.12. The second-order valence-corrected chi connectivity index (χ2v) is 10.1. The fraction of sp³-hybridized carbons (Fsp3) is 0.680. The zero-order valence-electron chi connectivity index (χ0n) is 18.9. The summed E-state index contributed by atoms with van der Waals surface area (Å²) in [7, 11) is 0. The molecule has 0 bridgehead atoms. The Labute approximate surface area is 180 Å². The third kappa shape index (κ3) is 3.94. The molecular weight excluding hydrogens is 378 g/mol. The molecule has 0 aromatic carbocycles. The van der Waals surface area contributed by atoms with Crippen LogP contribution in [-0.2, 0) is 9.59 Å². The molecule has 0 unspecified atom stereocenters. The number of nitrogens with one attached hydrogen (secondary N) is 1. The van der Waals surface area contributed by atoms with Crippen molar-refractivity contribution < 1.29 is 19.8 Å². The molecule has 0 aromatic heterocycles. The fourth-order valence-corrected chi connectivity index (χ4v) is 5.95. The molecule has 5 heteroatoms. The van der Waals surface area contributed by atoms with E-state index in [-0.39, 0.29) is 48.0 Å². The molecule has 1 saturated heterocycles. The fourth-order valence-electron chi connectivity index (χ4n) is 5.95. The monoisotopic (exact) mass is 415 g/mol. The minimum absolute atomic E-state index is 0.0225. The van der Waals surface area contributed by atoms with Gasteiger partial charge in [0.1, 0.15) is 5.41 Å². The van der Waals surface area contributed by atoms with Crippen LogP contribution in [0.5, 0.6) is 0 Å². The molecule has 7 atom stereocenters. The number of hydrogen-bond acceptors (Lipinski definition) is 4. The van der Waals surface area contributed by atoms with Crippen molar-refractivity contribution in [2.24, 2.45) is 35.0 Å². The molecule has 1 fully saturated rings. The molecule has 1 aliphatic heterocycles. The zero-order valence-corrected chi connectivity index (χ0v) is 18.9. The SMILES string of the molecule is CC1=C[C@H]2/C=C(\C)C[C@@H](CO)C[C@@H](O)/C=C/C(=O)[C@@]23C(=O)N[C@H](CC(C)C)[C@H]3[C@H]1C. The number of hydrogen-bond donors (Lipinski definition) is 3. The van der Waals surface area contributed by atoms with Crippen molar-refractivity contribution in [1.82, 2.24) is 5.32 Å². The van der Waals surface area contributed by atoms with Crippen LogP contribution in [0.3, 0.4) is 0 Å². The highest BCUT2D eigenvalue weighted by Crippen LogP contribution is 2.55. The summed E-state index contributed by atoms with van der Waals surface area (Å²) < 4.78 is 0. The van der Waals surface area contributed by atoms with Gasteiger partial charge < -0.3 is 15.5 Å². The lowest BCUT2D eigenvalue weighted by Gasteiger charge is -2.44. The van der Waals surface area contributed by atoms with Gasteiger partial charge in [0.25, 0.3) is 0 Å². The molecule has 3 rings (SSSR count). The van der Waals surface area contributed by atoms with E-state index in [1.165, 1.54) is 17.7 Å². The van der Waals surface area contributed by atoms with Gasteiger partial charge in [-0.25, -0.2) is 0 Å². The summed E-state index contributed by atoms with van der Waals surface area (Å²) in [6, 6.07) is -0.0510. The quantitative estimate of drug-likeness (QED) is 0.488. The number of amides is 1. The van der Waals surface area contributed by atoms with Crippen LogP contribution in [0.1, 0.15) is 53.9 Å². The lowest BCUT2D eigenvalue weighted by Crippen LogP contribution is -2.51. The Balaban J connectivity index is 2.19. The van der Waals surface area contributed by atoms with Gasteiger partial charge >= 0.3 is 0 Å². The summed E-state index contributed by atoms with van der Waals surface area (Å²) in [5.74, 6) is -0.445. The van der Waals surface area contributed by atoms with Gasteiger partial charge in [0.15, 0.2) is 5.78 Å². The number of allylic oxidation sites excluding steroid dienone is 5. The number of aliphatic hydroxyl groups is 2. The van der Waals surface area contributed by atoms with Crippen LogP contribution in [0, 0.1) is 35.0 Å². The largest absolute Gasteiger partial charge is 0.396 e. The molecule has 3 N–H and O–H groups in total. The normalized spacial score (nSPS) is 42.4. The maximum absolute atomic E-state index is 13.7. The highest BCUT2D eigenvalue weighted by Gasteiger charge is 2.64. The van der Waals surface area contributed by atoms with Crippen LogP contribution < -0.4 is 5.32 Å². The van der Waals surface area contributed by atoms with E-state index in [0.29, 0.717) is 18.8 Å². The number of rotatable bonds is 3. The van der Waals surface area contributed by atoms with E-state index >= 15 is 0 Å². The van der Waals surface area contributed by atoms with Gasteiger partial charge in [-0.15, -0.1) is 0 Å². The van der Waals surface area contributed by atoms with Gasteiger partial charge in [0, 0.05) is 24.5 Å². The lowest BCUT2D eigenvalue weighted by molar-refractivity contribution is -0.142. The molecule has 3 aliphatic rings. The zero-order chi connectivity index (χ0) is 22.2. The predicted molar refractivity (Wildman–Crippen MR) is 117 cm³/mol. The minimum Gasteiger partial charge on any atom is -0.396 e. The van der Waals surface area contributed by atoms with Gasteiger partial charge in [-0.1, -0.05) is 50.1 Å². The van der Waals surface area contributed by atoms with Crippen molar-refractivity contribution in [3.8, 4) is 0 Å². The van der Waals surface area contributed by atoms with E-state index in [9.17, 15) is 19.8 Å². The third-order valence-corrected chi connectivity index (χ3v) is 7.39.